The summed E-state index contributed by atoms with van der Waals surface area (Å²) in [5.74, 6) is -0.0363. The number of anilines is 1. The first-order chi connectivity index (χ1) is 18.2. The molecule has 2 aromatic rings. The number of hydrogen-bond acceptors (Lipinski definition) is 8. The van der Waals surface area contributed by atoms with E-state index in [1.54, 1.807) is 61.5 Å². The summed E-state index contributed by atoms with van der Waals surface area (Å²) in [6.45, 7) is 4.10. The fourth-order valence-corrected chi connectivity index (χ4v) is 4.51. The van der Waals surface area contributed by atoms with Crippen molar-refractivity contribution in [1.82, 2.24) is 4.90 Å². The second kappa shape index (κ2) is 12.1. The summed E-state index contributed by atoms with van der Waals surface area (Å²) >= 11 is 0. The Morgan fingerprint density at radius 3 is 2.47 bits per heavy atom. The number of nitrogens with zero attached hydrogens (tertiary/aromatic N) is 3. The molecular formula is C27H32N4O7. The summed E-state index contributed by atoms with van der Waals surface area (Å²) < 4.78 is 15.6. The van der Waals surface area contributed by atoms with Crippen LogP contribution in [0.3, 0.4) is 0 Å². The number of esters is 1. The molecule has 2 aliphatic rings. The molecule has 2 aliphatic heterocycles. The molecule has 0 bridgehead atoms. The number of likely N-dealkylation sites (tertiary alicyclic amines) is 1. The third-order valence-corrected chi connectivity index (χ3v) is 6.54. The van der Waals surface area contributed by atoms with Crippen molar-refractivity contribution in [3.05, 3.63) is 60.2 Å². The van der Waals surface area contributed by atoms with Crippen LogP contribution in [0.2, 0.25) is 0 Å². The predicted molar refractivity (Wildman–Crippen MR) is 139 cm³/mol. The molecule has 1 atom stereocenters. The van der Waals surface area contributed by atoms with E-state index < -0.39 is 23.8 Å². The van der Waals surface area contributed by atoms with Gasteiger partial charge in [-0.15, -0.1) is 0 Å². The second-order valence-corrected chi connectivity index (χ2v) is 9.35. The summed E-state index contributed by atoms with van der Waals surface area (Å²) in [5, 5.41) is 10.7. The zero-order chi connectivity index (χ0) is 27.1. The summed E-state index contributed by atoms with van der Waals surface area (Å²) in [4.78, 5) is 43.8. The molecule has 2 fully saturated rings. The molecule has 0 radical (unpaired) electrons. The number of para-hydroxylation sites is 1. The summed E-state index contributed by atoms with van der Waals surface area (Å²) in [6.07, 6.45) is -0.746. The monoisotopic (exact) mass is 524 g/mol. The van der Waals surface area contributed by atoms with E-state index in [1.807, 2.05) is 0 Å². The van der Waals surface area contributed by atoms with E-state index >= 15 is 0 Å². The molecular weight excluding hydrogens is 492 g/mol. The number of amidine groups is 1. The Morgan fingerprint density at radius 1 is 1.13 bits per heavy atom. The zero-order valence-corrected chi connectivity index (χ0v) is 21.2. The number of nitrogens with two attached hydrogens (primary N) is 1. The van der Waals surface area contributed by atoms with Crippen LogP contribution in [0.5, 0.6) is 5.75 Å². The minimum Gasteiger partial charge on any atom is -0.466 e. The Balaban J connectivity index is 1.28. The van der Waals surface area contributed by atoms with Gasteiger partial charge in [0.1, 0.15) is 17.7 Å². The Kier molecular flexibility index (Phi) is 8.59. The minimum absolute atomic E-state index is 0.00706. The number of rotatable bonds is 8. The minimum atomic E-state index is -1.06. The molecule has 2 amide bonds. The van der Waals surface area contributed by atoms with Crippen LogP contribution in [0.1, 0.15) is 31.7 Å². The van der Waals surface area contributed by atoms with Crippen molar-refractivity contribution < 1.29 is 33.7 Å². The maximum absolute atomic E-state index is 12.5. The molecule has 2 saturated heterocycles. The Bertz CT molecular complexity index is 1160. The molecule has 4 rings (SSSR count). The average Bonchev–Trinajstić information content (AvgIpc) is 3.26. The van der Waals surface area contributed by atoms with Gasteiger partial charge in [0.15, 0.2) is 0 Å². The first kappa shape index (κ1) is 27.1. The fourth-order valence-electron chi connectivity index (χ4n) is 4.51. The smallest absolute Gasteiger partial charge is 0.441 e. The van der Waals surface area contributed by atoms with Crippen LogP contribution in [-0.4, -0.2) is 78.5 Å². The van der Waals surface area contributed by atoms with Gasteiger partial charge in [-0.05, 0) is 56.2 Å². The Labute approximate surface area is 220 Å². The Morgan fingerprint density at radius 2 is 1.82 bits per heavy atom. The van der Waals surface area contributed by atoms with Gasteiger partial charge in [-0.3, -0.25) is 14.6 Å². The van der Waals surface area contributed by atoms with Crippen molar-refractivity contribution >= 4 is 29.7 Å². The molecule has 2 aromatic carbocycles. The van der Waals surface area contributed by atoms with Crippen molar-refractivity contribution in [3.8, 4) is 5.75 Å². The van der Waals surface area contributed by atoms with Crippen LogP contribution in [0.25, 0.3) is 0 Å². The normalized spacial score (nSPS) is 19.6. The van der Waals surface area contributed by atoms with Gasteiger partial charge in [-0.1, -0.05) is 18.2 Å². The highest BCUT2D eigenvalue weighted by molar-refractivity contribution is 6.03. The van der Waals surface area contributed by atoms with Crippen LogP contribution in [0, 0.1) is 0 Å². The number of carbonyl (C=O) groups is 3. The quantitative estimate of drug-likeness (QED) is 0.302. The van der Waals surface area contributed by atoms with Crippen molar-refractivity contribution in [2.75, 3.05) is 37.7 Å². The highest BCUT2D eigenvalue weighted by atomic mass is 16.6. The van der Waals surface area contributed by atoms with Crippen molar-refractivity contribution in [2.45, 2.75) is 37.9 Å². The van der Waals surface area contributed by atoms with E-state index in [2.05, 4.69) is 9.89 Å². The van der Waals surface area contributed by atoms with Gasteiger partial charge < -0.3 is 25.1 Å². The number of aliphatic imine (C=N–C) groups is 1. The van der Waals surface area contributed by atoms with Crippen LogP contribution in [0.4, 0.5) is 15.3 Å². The van der Waals surface area contributed by atoms with Gasteiger partial charge in [0.2, 0.25) is 0 Å². The molecule has 0 saturated carbocycles. The first-order valence-corrected chi connectivity index (χ1v) is 12.5. The van der Waals surface area contributed by atoms with Crippen LogP contribution in [-0.2, 0) is 14.3 Å². The number of piperidine rings is 1. The van der Waals surface area contributed by atoms with Gasteiger partial charge in [-0.2, -0.15) is 4.99 Å². The number of hydrogen-bond donors (Lipinski definition) is 2. The SMILES string of the molecule is CCOC(=O)CC1(O)CCN(CC2CN(c3ccc(/C(N)=N\C(=O)Oc4ccccc4)cc3)C(=O)O2)CC1. The fraction of sp³-hybridized carbons (Fsp3) is 0.407. The topological polar surface area (TPSA) is 144 Å². The summed E-state index contributed by atoms with van der Waals surface area (Å²) in [6, 6.07) is 15.3. The number of ether oxygens (including phenoxy) is 3. The van der Waals surface area contributed by atoms with E-state index in [-0.39, 0.29) is 25.0 Å². The summed E-state index contributed by atoms with van der Waals surface area (Å²) in [7, 11) is 0. The lowest BCUT2D eigenvalue weighted by Gasteiger charge is -2.38. The number of carbonyl (C=O) groups excluding carboxylic acids is 3. The van der Waals surface area contributed by atoms with Crippen LogP contribution >= 0.6 is 0 Å². The third-order valence-electron chi connectivity index (χ3n) is 6.54. The van der Waals surface area contributed by atoms with Crippen LogP contribution < -0.4 is 15.4 Å². The maximum Gasteiger partial charge on any atom is 0.441 e. The Hall–Kier alpha value is -3.96. The molecule has 0 aliphatic carbocycles. The number of amides is 2. The zero-order valence-electron chi connectivity index (χ0n) is 21.2. The van der Waals surface area contributed by atoms with Crippen molar-refractivity contribution in [1.29, 1.82) is 0 Å². The van der Waals surface area contributed by atoms with E-state index in [0.29, 0.717) is 56.0 Å². The molecule has 0 spiro atoms. The molecule has 1 unspecified atom stereocenters. The molecule has 11 nitrogen and oxygen atoms in total. The molecule has 3 N–H and O–H groups in total. The van der Waals surface area contributed by atoms with Crippen molar-refractivity contribution in [3.63, 3.8) is 0 Å². The third kappa shape index (κ3) is 7.08. The molecule has 202 valence electrons. The largest absolute Gasteiger partial charge is 0.466 e. The molecule has 2 heterocycles. The number of aliphatic hydroxyl groups is 1. The van der Waals surface area contributed by atoms with Gasteiger partial charge in [0.05, 0.1) is 25.2 Å². The van der Waals surface area contributed by atoms with Crippen molar-refractivity contribution in [2.24, 2.45) is 10.7 Å². The van der Waals surface area contributed by atoms with Gasteiger partial charge >= 0.3 is 18.2 Å². The highest BCUT2D eigenvalue weighted by Crippen LogP contribution is 2.28. The average molecular weight is 525 g/mol. The number of cyclic esters (lactones) is 1. The maximum atomic E-state index is 12.5. The predicted octanol–water partition coefficient (Wildman–Crippen LogP) is 2.70. The first-order valence-electron chi connectivity index (χ1n) is 12.5. The lowest BCUT2D eigenvalue weighted by Crippen LogP contribution is -2.48. The molecule has 0 aromatic heterocycles. The van der Waals surface area contributed by atoms with Gasteiger partial charge in [-0.25, -0.2) is 9.59 Å². The van der Waals surface area contributed by atoms with Gasteiger partial charge in [0.25, 0.3) is 0 Å². The van der Waals surface area contributed by atoms with E-state index in [1.165, 1.54) is 4.90 Å². The van der Waals surface area contributed by atoms with Crippen LogP contribution in [0.15, 0.2) is 59.6 Å². The lowest BCUT2D eigenvalue weighted by atomic mass is 9.88. The van der Waals surface area contributed by atoms with E-state index in [4.69, 9.17) is 19.9 Å². The van der Waals surface area contributed by atoms with E-state index in [9.17, 15) is 19.5 Å². The number of benzene rings is 2. The standard InChI is InChI=1S/C27H32N4O7/c1-2-36-23(32)16-27(35)12-14-30(15-13-27)17-22-18-31(26(34)38-22)20-10-8-19(9-11-20)24(28)29-25(33)37-21-6-4-3-5-7-21/h3-11,22,35H,2,12-18H2,1H3,(H2,28,29,33). The van der Waals surface area contributed by atoms with E-state index in [0.717, 1.165) is 0 Å². The van der Waals surface area contributed by atoms with Gasteiger partial charge in [0, 0.05) is 30.9 Å². The highest BCUT2D eigenvalue weighted by Gasteiger charge is 2.38. The summed E-state index contributed by atoms with van der Waals surface area (Å²) in [5.41, 5.74) is 6.03. The molecule has 38 heavy (non-hydrogen) atoms. The second-order valence-electron chi connectivity index (χ2n) is 9.35. The molecule has 11 heteroatoms. The lowest BCUT2D eigenvalue weighted by molar-refractivity contribution is -0.150.